The fourth-order valence-electron chi connectivity index (χ4n) is 2.20. The molecule has 0 amide bonds. The minimum Gasteiger partial charge on any atom is -0.326 e. The Kier molecular flexibility index (Phi) is 4.69. The summed E-state index contributed by atoms with van der Waals surface area (Å²) in [6, 6.07) is 10.7. The molecule has 0 fully saturated rings. The molecule has 0 aliphatic carbocycles. The lowest BCUT2D eigenvalue weighted by molar-refractivity contribution is 0.627. The largest absolute Gasteiger partial charge is 0.326 e. The number of benzene rings is 1. The van der Waals surface area contributed by atoms with Crippen LogP contribution in [0.25, 0.3) is 0 Å². The first-order chi connectivity index (χ1) is 9.67. The van der Waals surface area contributed by atoms with Gasteiger partial charge >= 0.3 is 0 Å². The number of hydrogen-bond acceptors (Lipinski definition) is 3. The number of halogens is 1. The Hall–Kier alpha value is -1.94. The molecular weight excluding hydrogens is 253 g/mol. The lowest BCUT2D eigenvalue weighted by Gasteiger charge is -2.26. The van der Waals surface area contributed by atoms with Crippen LogP contribution in [-0.2, 0) is 0 Å². The highest BCUT2D eigenvalue weighted by molar-refractivity contribution is 5.63. The molecule has 3 nitrogen and oxygen atoms in total. The van der Waals surface area contributed by atoms with Crippen LogP contribution in [-0.4, -0.2) is 18.6 Å². The van der Waals surface area contributed by atoms with Crippen molar-refractivity contribution in [3.8, 4) is 0 Å². The van der Waals surface area contributed by atoms with E-state index < -0.39 is 0 Å². The first-order valence-corrected chi connectivity index (χ1v) is 6.82. The minimum atomic E-state index is -0.227. The normalized spacial score (nSPS) is 12.2. The van der Waals surface area contributed by atoms with Gasteiger partial charge in [0.15, 0.2) is 0 Å². The summed E-state index contributed by atoms with van der Waals surface area (Å²) in [5, 5.41) is 3.23. The molecule has 4 heteroatoms. The van der Waals surface area contributed by atoms with Gasteiger partial charge in [-0.25, -0.2) is 9.37 Å². The first kappa shape index (κ1) is 14.5. The standard InChI is InChI=1S/C16H20FN3/c1-4-20(14-9-7-13(17)8-10-14)16-15(12(2)18-3)6-5-11-19-16/h5-12,18H,4H2,1-3H3. The second-order valence-electron chi connectivity index (χ2n) is 4.65. The van der Waals surface area contributed by atoms with Crippen LogP contribution in [0.1, 0.15) is 25.5 Å². The lowest BCUT2D eigenvalue weighted by atomic mass is 10.1. The molecule has 1 heterocycles. The van der Waals surface area contributed by atoms with Crippen LogP contribution in [0.4, 0.5) is 15.9 Å². The predicted molar refractivity (Wildman–Crippen MR) is 80.8 cm³/mol. The Morgan fingerprint density at radius 3 is 2.55 bits per heavy atom. The molecule has 1 unspecified atom stereocenters. The fraction of sp³-hybridized carbons (Fsp3) is 0.312. The Bertz CT molecular complexity index is 554. The molecule has 1 atom stereocenters. The van der Waals surface area contributed by atoms with Gasteiger partial charge in [0.2, 0.25) is 0 Å². The van der Waals surface area contributed by atoms with Crippen molar-refractivity contribution in [1.82, 2.24) is 10.3 Å². The van der Waals surface area contributed by atoms with Crippen molar-refractivity contribution in [2.24, 2.45) is 0 Å². The molecule has 0 saturated carbocycles. The molecular formula is C16H20FN3. The molecule has 20 heavy (non-hydrogen) atoms. The van der Waals surface area contributed by atoms with Crippen LogP contribution in [0.3, 0.4) is 0 Å². The summed E-state index contributed by atoms with van der Waals surface area (Å²) in [5.41, 5.74) is 2.07. The van der Waals surface area contributed by atoms with Gasteiger partial charge in [-0.05, 0) is 51.2 Å². The number of nitrogens with zero attached hydrogens (tertiary/aromatic N) is 2. The molecule has 2 aromatic rings. The molecule has 106 valence electrons. The number of aromatic nitrogens is 1. The Labute approximate surface area is 119 Å². The summed E-state index contributed by atoms with van der Waals surface area (Å²) in [4.78, 5) is 6.60. The summed E-state index contributed by atoms with van der Waals surface area (Å²) in [6.45, 7) is 4.93. The third-order valence-electron chi connectivity index (χ3n) is 3.43. The zero-order valence-electron chi connectivity index (χ0n) is 12.1. The van der Waals surface area contributed by atoms with E-state index in [-0.39, 0.29) is 11.9 Å². The number of anilines is 2. The molecule has 0 aliphatic rings. The third kappa shape index (κ3) is 2.96. The summed E-state index contributed by atoms with van der Waals surface area (Å²) in [6.07, 6.45) is 1.79. The second-order valence-corrected chi connectivity index (χ2v) is 4.65. The molecule has 0 saturated heterocycles. The van der Waals surface area contributed by atoms with Gasteiger partial charge in [-0.15, -0.1) is 0 Å². The Balaban J connectivity index is 2.44. The van der Waals surface area contributed by atoms with Gasteiger partial charge < -0.3 is 10.2 Å². The van der Waals surface area contributed by atoms with E-state index in [2.05, 4.69) is 35.1 Å². The van der Waals surface area contributed by atoms with E-state index in [1.54, 1.807) is 18.3 Å². The van der Waals surface area contributed by atoms with Gasteiger partial charge in [0.1, 0.15) is 11.6 Å². The van der Waals surface area contributed by atoms with Gasteiger partial charge in [0, 0.05) is 30.0 Å². The molecule has 1 aromatic heterocycles. The van der Waals surface area contributed by atoms with E-state index in [0.717, 1.165) is 23.6 Å². The highest BCUT2D eigenvalue weighted by atomic mass is 19.1. The van der Waals surface area contributed by atoms with Crippen LogP contribution in [0.2, 0.25) is 0 Å². The first-order valence-electron chi connectivity index (χ1n) is 6.82. The average molecular weight is 273 g/mol. The molecule has 1 aromatic carbocycles. The Morgan fingerprint density at radius 1 is 1.25 bits per heavy atom. The van der Waals surface area contributed by atoms with Crippen molar-refractivity contribution in [2.45, 2.75) is 19.9 Å². The fourth-order valence-corrected chi connectivity index (χ4v) is 2.20. The summed E-state index contributed by atoms with van der Waals surface area (Å²) < 4.78 is 13.1. The summed E-state index contributed by atoms with van der Waals surface area (Å²) in [7, 11) is 1.93. The molecule has 0 spiro atoms. The summed E-state index contributed by atoms with van der Waals surface area (Å²) in [5.74, 6) is 0.679. The van der Waals surface area contributed by atoms with Crippen LogP contribution in [0.15, 0.2) is 42.6 Å². The average Bonchev–Trinajstić information content (AvgIpc) is 2.49. The van der Waals surface area contributed by atoms with Crippen LogP contribution >= 0.6 is 0 Å². The zero-order chi connectivity index (χ0) is 14.5. The number of pyridine rings is 1. The molecule has 2 rings (SSSR count). The lowest BCUT2D eigenvalue weighted by Crippen LogP contribution is -2.22. The van der Waals surface area contributed by atoms with Gasteiger partial charge in [0.25, 0.3) is 0 Å². The monoisotopic (exact) mass is 273 g/mol. The van der Waals surface area contributed by atoms with Gasteiger partial charge in [0.05, 0.1) is 0 Å². The molecule has 0 radical (unpaired) electrons. The van der Waals surface area contributed by atoms with Crippen LogP contribution in [0, 0.1) is 5.82 Å². The number of hydrogen-bond donors (Lipinski definition) is 1. The minimum absolute atomic E-state index is 0.202. The van der Waals surface area contributed by atoms with Crippen molar-refractivity contribution in [2.75, 3.05) is 18.5 Å². The second kappa shape index (κ2) is 6.48. The van der Waals surface area contributed by atoms with E-state index in [0.29, 0.717) is 0 Å². The SMILES string of the molecule is CCN(c1ccc(F)cc1)c1ncccc1C(C)NC. The van der Waals surface area contributed by atoms with Crippen molar-refractivity contribution >= 4 is 11.5 Å². The third-order valence-corrected chi connectivity index (χ3v) is 3.43. The maximum Gasteiger partial charge on any atom is 0.137 e. The zero-order valence-corrected chi connectivity index (χ0v) is 12.1. The highest BCUT2D eigenvalue weighted by Crippen LogP contribution is 2.29. The topological polar surface area (TPSA) is 28.2 Å². The van der Waals surface area contributed by atoms with Crippen LogP contribution < -0.4 is 10.2 Å². The van der Waals surface area contributed by atoms with Gasteiger partial charge in [-0.3, -0.25) is 0 Å². The molecule has 0 aliphatic heterocycles. The van der Waals surface area contributed by atoms with Crippen molar-refractivity contribution in [3.63, 3.8) is 0 Å². The van der Waals surface area contributed by atoms with E-state index in [1.807, 2.05) is 13.1 Å². The predicted octanol–water partition coefficient (Wildman–Crippen LogP) is 3.66. The number of nitrogens with one attached hydrogen (secondary N) is 1. The van der Waals surface area contributed by atoms with Gasteiger partial charge in [-0.1, -0.05) is 6.07 Å². The molecule has 1 N–H and O–H groups in total. The Morgan fingerprint density at radius 2 is 1.95 bits per heavy atom. The highest BCUT2D eigenvalue weighted by Gasteiger charge is 2.16. The van der Waals surface area contributed by atoms with E-state index in [4.69, 9.17) is 0 Å². The van der Waals surface area contributed by atoms with Crippen molar-refractivity contribution < 1.29 is 4.39 Å². The molecule has 0 bridgehead atoms. The van der Waals surface area contributed by atoms with E-state index in [9.17, 15) is 4.39 Å². The number of rotatable bonds is 5. The van der Waals surface area contributed by atoms with Crippen molar-refractivity contribution in [3.05, 3.63) is 54.0 Å². The maximum absolute atomic E-state index is 13.1. The maximum atomic E-state index is 13.1. The van der Waals surface area contributed by atoms with E-state index >= 15 is 0 Å². The van der Waals surface area contributed by atoms with Crippen LogP contribution in [0.5, 0.6) is 0 Å². The van der Waals surface area contributed by atoms with E-state index in [1.165, 1.54) is 12.1 Å². The quantitative estimate of drug-likeness (QED) is 0.901. The summed E-state index contributed by atoms with van der Waals surface area (Å²) >= 11 is 0. The van der Waals surface area contributed by atoms with Gasteiger partial charge in [-0.2, -0.15) is 0 Å². The smallest absolute Gasteiger partial charge is 0.137 e. The van der Waals surface area contributed by atoms with Crippen molar-refractivity contribution in [1.29, 1.82) is 0 Å².